The molecule has 0 aliphatic rings. The van der Waals surface area contributed by atoms with Crippen molar-refractivity contribution in [1.82, 2.24) is 4.98 Å². The van der Waals surface area contributed by atoms with Gasteiger partial charge >= 0.3 is 12.1 Å². The minimum atomic E-state index is -0.903. The monoisotopic (exact) mass is 372 g/mol. The van der Waals surface area contributed by atoms with Crippen molar-refractivity contribution in [2.75, 3.05) is 11.4 Å². The van der Waals surface area contributed by atoms with Gasteiger partial charge in [0.25, 0.3) is 0 Å². The van der Waals surface area contributed by atoms with Crippen molar-refractivity contribution in [3.8, 4) is 0 Å². The zero-order chi connectivity index (χ0) is 16.9. The molecule has 0 spiro atoms. The fourth-order valence-electron chi connectivity index (χ4n) is 1.71. The molecule has 0 radical (unpaired) electrons. The molecule has 122 valence electrons. The molecule has 1 N–H and O–H groups in total. The number of halogens is 1. The molecular weight excluding hydrogens is 352 g/mol. The van der Waals surface area contributed by atoms with E-state index in [1.807, 2.05) is 13.0 Å². The molecule has 0 saturated carbocycles. The van der Waals surface area contributed by atoms with Gasteiger partial charge in [0.05, 0.1) is 4.47 Å². The van der Waals surface area contributed by atoms with Gasteiger partial charge in [0, 0.05) is 19.2 Å². The molecular formula is C15H21BrN2O4. The second-order valence-electron chi connectivity index (χ2n) is 5.95. The van der Waals surface area contributed by atoms with Gasteiger partial charge in [0.2, 0.25) is 0 Å². The lowest BCUT2D eigenvalue weighted by Crippen LogP contribution is -2.38. The first-order valence-electron chi connectivity index (χ1n) is 6.94. The SMILES string of the molecule is Cc1cnc(N(CCCC(=O)O)C(=O)OC(C)(C)C)c(Br)c1. The van der Waals surface area contributed by atoms with Crippen molar-refractivity contribution in [2.45, 2.75) is 46.1 Å². The fourth-order valence-corrected chi connectivity index (χ4v) is 2.39. The summed E-state index contributed by atoms with van der Waals surface area (Å²) >= 11 is 3.39. The Labute approximate surface area is 138 Å². The van der Waals surface area contributed by atoms with E-state index in [9.17, 15) is 9.59 Å². The van der Waals surface area contributed by atoms with Gasteiger partial charge < -0.3 is 9.84 Å². The minimum absolute atomic E-state index is 0.0250. The van der Waals surface area contributed by atoms with Gasteiger partial charge in [-0.15, -0.1) is 0 Å². The zero-order valence-electron chi connectivity index (χ0n) is 13.2. The summed E-state index contributed by atoms with van der Waals surface area (Å²) in [6, 6.07) is 1.84. The van der Waals surface area contributed by atoms with E-state index in [-0.39, 0.29) is 13.0 Å². The van der Waals surface area contributed by atoms with E-state index in [1.165, 1.54) is 4.90 Å². The van der Waals surface area contributed by atoms with E-state index in [1.54, 1.807) is 27.0 Å². The molecule has 6 nitrogen and oxygen atoms in total. The summed E-state index contributed by atoms with van der Waals surface area (Å²) in [6.07, 6.45) is 1.39. The topological polar surface area (TPSA) is 79.7 Å². The van der Waals surface area contributed by atoms with Crippen LogP contribution in [0.5, 0.6) is 0 Å². The van der Waals surface area contributed by atoms with Crippen LogP contribution in [0.3, 0.4) is 0 Å². The maximum Gasteiger partial charge on any atom is 0.416 e. The number of carboxylic acids is 1. The summed E-state index contributed by atoms with van der Waals surface area (Å²) in [7, 11) is 0. The number of aryl methyl sites for hydroxylation is 1. The van der Waals surface area contributed by atoms with Gasteiger partial charge in [0.15, 0.2) is 5.82 Å². The summed E-state index contributed by atoms with van der Waals surface area (Å²) in [5.74, 6) is -0.481. The molecule has 0 bridgehead atoms. The van der Waals surface area contributed by atoms with Crippen LogP contribution in [-0.2, 0) is 9.53 Å². The molecule has 22 heavy (non-hydrogen) atoms. The molecule has 0 atom stereocenters. The molecule has 0 aromatic carbocycles. The molecule has 1 aromatic heterocycles. The van der Waals surface area contributed by atoms with Crippen LogP contribution in [0.25, 0.3) is 0 Å². The molecule has 0 aliphatic carbocycles. The van der Waals surface area contributed by atoms with Crippen LogP contribution in [-0.4, -0.2) is 34.3 Å². The number of pyridine rings is 1. The number of aliphatic carboxylic acids is 1. The third-order valence-electron chi connectivity index (χ3n) is 2.60. The van der Waals surface area contributed by atoms with Gasteiger partial charge in [-0.05, 0) is 61.7 Å². The lowest BCUT2D eigenvalue weighted by atomic mass is 10.2. The molecule has 1 heterocycles. The van der Waals surface area contributed by atoms with Crippen molar-refractivity contribution >= 4 is 33.8 Å². The number of ether oxygens (including phenoxy) is 1. The molecule has 1 aromatic rings. The number of aromatic nitrogens is 1. The molecule has 0 aliphatic heterocycles. The van der Waals surface area contributed by atoms with E-state index in [4.69, 9.17) is 9.84 Å². The van der Waals surface area contributed by atoms with Crippen LogP contribution in [0.2, 0.25) is 0 Å². The van der Waals surface area contributed by atoms with E-state index in [0.29, 0.717) is 16.7 Å². The van der Waals surface area contributed by atoms with Crippen molar-refractivity contribution in [2.24, 2.45) is 0 Å². The summed E-state index contributed by atoms with van der Waals surface area (Å²) in [6.45, 7) is 7.44. The molecule has 0 fully saturated rings. The summed E-state index contributed by atoms with van der Waals surface area (Å²) < 4.78 is 6.04. The van der Waals surface area contributed by atoms with E-state index >= 15 is 0 Å². The smallest absolute Gasteiger partial charge is 0.416 e. The van der Waals surface area contributed by atoms with Crippen LogP contribution in [0.1, 0.15) is 39.2 Å². The number of rotatable bonds is 5. The molecule has 0 saturated heterocycles. The first kappa shape index (κ1) is 18.4. The van der Waals surface area contributed by atoms with Gasteiger partial charge in [-0.25, -0.2) is 9.78 Å². The van der Waals surface area contributed by atoms with Gasteiger partial charge in [-0.1, -0.05) is 0 Å². The number of nitrogens with zero attached hydrogens (tertiary/aromatic N) is 2. The lowest BCUT2D eigenvalue weighted by Gasteiger charge is -2.27. The summed E-state index contributed by atoms with van der Waals surface area (Å²) in [4.78, 5) is 28.7. The number of carbonyl (C=O) groups is 2. The standard InChI is InChI=1S/C15H21BrN2O4/c1-10-8-11(16)13(17-9-10)18(7-5-6-12(19)20)14(21)22-15(2,3)4/h8-9H,5-7H2,1-4H3,(H,19,20). The first-order valence-corrected chi connectivity index (χ1v) is 7.74. The maximum absolute atomic E-state index is 12.4. The number of hydrogen-bond acceptors (Lipinski definition) is 4. The predicted octanol–water partition coefficient (Wildman–Crippen LogP) is 3.76. The number of amides is 1. The number of anilines is 1. The quantitative estimate of drug-likeness (QED) is 0.850. The lowest BCUT2D eigenvalue weighted by molar-refractivity contribution is -0.137. The normalized spacial score (nSPS) is 11.1. The van der Waals surface area contributed by atoms with Gasteiger partial charge in [-0.3, -0.25) is 9.69 Å². The minimum Gasteiger partial charge on any atom is -0.481 e. The Morgan fingerprint density at radius 2 is 2.05 bits per heavy atom. The Hall–Kier alpha value is -1.63. The highest BCUT2D eigenvalue weighted by molar-refractivity contribution is 9.10. The third kappa shape index (κ3) is 6.01. The highest BCUT2D eigenvalue weighted by atomic mass is 79.9. The van der Waals surface area contributed by atoms with Crippen LogP contribution in [0.15, 0.2) is 16.7 Å². The molecule has 0 unspecified atom stereocenters. The Morgan fingerprint density at radius 3 is 2.55 bits per heavy atom. The van der Waals surface area contributed by atoms with Crippen LogP contribution >= 0.6 is 15.9 Å². The Bertz CT molecular complexity index is 555. The number of carbonyl (C=O) groups excluding carboxylic acids is 1. The summed E-state index contributed by atoms with van der Waals surface area (Å²) in [5, 5.41) is 8.75. The number of carboxylic acid groups (broad SMARTS) is 1. The van der Waals surface area contributed by atoms with Gasteiger partial charge in [0.1, 0.15) is 5.60 Å². The van der Waals surface area contributed by atoms with E-state index < -0.39 is 17.7 Å². The van der Waals surface area contributed by atoms with Crippen LogP contribution in [0.4, 0.5) is 10.6 Å². The highest BCUT2D eigenvalue weighted by Gasteiger charge is 2.25. The van der Waals surface area contributed by atoms with E-state index in [2.05, 4.69) is 20.9 Å². The third-order valence-corrected chi connectivity index (χ3v) is 3.18. The largest absolute Gasteiger partial charge is 0.481 e. The molecule has 7 heteroatoms. The predicted molar refractivity (Wildman–Crippen MR) is 87.1 cm³/mol. The second-order valence-corrected chi connectivity index (χ2v) is 6.80. The average Bonchev–Trinajstić information content (AvgIpc) is 2.33. The zero-order valence-corrected chi connectivity index (χ0v) is 14.8. The average molecular weight is 373 g/mol. The Morgan fingerprint density at radius 1 is 1.41 bits per heavy atom. The Balaban J connectivity index is 2.99. The Kier molecular flexibility index (Phi) is 6.34. The van der Waals surface area contributed by atoms with Crippen molar-refractivity contribution < 1.29 is 19.4 Å². The van der Waals surface area contributed by atoms with Gasteiger partial charge in [-0.2, -0.15) is 0 Å². The first-order chi connectivity index (χ1) is 10.1. The summed E-state index contributed by atoms with van der Waals surface area (Å²) in [5.41, 5.74) is 0.310. The molecule has 1 rings (SSSR count). The maximum atomic E-state index is 12.4. The highest BCUT2D eigenvalue weighted by Crippen LogP contribution is 2.26. The van der Waals surface area contributed by atoms with Crippen molar-refractivity contribution in [3.05, 3.63) is 22.3 Å². The van der Waals surface area contributed by atoms with Crippen LogP contribution in [0, 0.1) is 6.92 Å². The van der Waals surface area contributed by atoms with E-state index in [0.717, 1.165) is 5.56 Å². The fraction of sp³-hybridized carbons (Fsp3) is 0.533. The van der Waals surface area contributed by atoms with Crippen LogP contribution < -0.4 is 4.90 Å². The second kappa shape index (κ2) is 7.58. The molecule has 1 amide bonds. The number of hydrogen-bond donors (Lipinski definition) is 1. The van der Waals surface area contributed by atoms with Crippen molar-refractivity contribution in [3.63, 3.8) is 0 Å². The van der Waals surface area contributed by atoms with Crippen molar-refractivity contribution in [1.29, 1.82) is 0 Å².